The standard InChI is InChI=1S/C17H24N6O3/c1-22-16(20-21-17(22)24)15-11(10-4-5-10)6-7-23(15)13-8-14(26-3)19-12(18-13)9-25-2/h8,10-11,15H,4-7,9H2,1-3H3,(H,21,24). The van der Waals surface area contributed by atoms with Gasteiger partial charge in [0.05, 0.1) is 13.2 Å². The lowest BCUT2D eigenvalue weighted by atomic mass is 9.94. The molecule has 140 valence electrons. The second-order valence-electron chi connectivity index (χ2n) is 6.99. The number of ether oxygens (including phenoxy) is 2. The Bertz CT molecular complexity index is 843. The zero-order chi connectivity index (χ0) is 18.3. The molecule has 26 heavy (non-hydrogen) atoms. The molecule has 0 bridgehead atoms. The van der Waals surface area contributed by atoms with Gasteiger partial charge in [-0.25, -0.2) is 14.9 Å². The van der Waals surface area contributed by atoms with Gasteiger partial charge in [0.25, 0.3) is 0 Å². The molecule has 2 aromatic heterocycles. The van der Waals surface area contributed by atoms with E-state index >= 15 is 0 Å². The lowest BCUT2D eigenvalue weighted by Gasteiger charge is -2.28. The van der Waals surface area contributed by atoms with E-state index < -0.39 is 0 Å². The fourth-order valence-corrected chi connectivity index (χ4v) is 3.95. The number of hydrogen-bond donors (Lipinski definition) is 1. The predicted molar refractivity (Wildman–Crippen MR) is 94.0 cm³/mol. The normalized spacial score (nSPS) is 22.8. The summed E-state index contributed by atoms with van der Waals surface area (Å²) < 4.78 is 12.1. The van der Waals surface area contributed by atoms with E-state index in [4.69, 9.17) is 9.47 Å². The highest BCUT2D eigenvalue weighted by atomic mass is 16.5. The summed E-state index contributed by atoms with van der Waals surface area (Å²) in [4.78, 5) is 23.2. The smallest absolute Gasteiger partial charge is 0.343 e. The summed E-state index contributed by atoms with van der Waals surface area (Å²) in [6.07, 6.45) is 3.55. The van der Waals surface area contributed by atoms with Crippen LogP contribution < -0.4 is 15.3 Å². The molecule has 1 saturated heterocycles. The van der Waals surface area contributed by atoms with Gasteiger partial charge in [-0.1, -0.05) is 0 Å². The molecule has 0 spiro atoms. The van der Waals surface area contributed by atoms with Gasteiger partial charge in [0.15, 0.2) is 11.6 Å². The maximum Gasteiger partial charge on any atom is 0.343 e. The van der Waals surface area contributed by atoms with Crippen LogP contribution in [-0.4, -0.2) is 45.5 Å². The fraction of sp³-hybridized carbons (Fsp3) is 0.647. The highest BCUT2D eigenvalue weighted by molar-refractivity contribution is 5.46. The Morgan fingerprint density at radius 2 is 2.08 bits per heavy atom. The summed E-state index contributed by atoms with van der Waals surface area (Å²) >= 11 is 0. The monoisotopic (exact) mass is 360 g/mol. The van der Waals surface area contributed by atoms with Crippen LogP contribution in [0.4, 0.5) is 5.82 Å². The first kappa shape index (κ1) is 17.0. The van der Waals surface area contributed by atoms with Crippen LogP contribution in [0.25, 0.3) is 0 Å². The van der Waals surface area contributed by atoms with E-state index in [1.807, 2.05) is 6.07 Å². The van der Waals surface area contributed by atoms with Crippen molar-refractivity contribution in [2.45, 2.75) is 31.9 Å². The van der Waals surface area contributed by atoms with Crippen LogP contribution in [-0.2, 0) is 18.4 Å². The molecule has 0 amide bonds. The Morgan fingerprint density at radius 1 is 1.27 bits per heavy atom. The third-order valence-corrected chi connectivity index (χ3v) is 5.36. The molecule has 2 atom stereocenters. The van der Waals surface area contributed by atoms with Crippen LogP contribution in [0.2, 0.25) is 0 Å². The number of aromatic nitrogens is 5. The molecule has 2 fully saturated rings. The quantitative estimate of drug-likeness (QED) is 0.821. The van der Waals surface area contributed by atoms with Crippen molar-refractivity contribution in [2.24, 2.45) is 18.9 Å². The summed E-state index contributed by atoms with van der Waals surface area (Å²) in [7, 11) is 4.97. The molecule has 2 aliphatic rings. The molecule has 9 nitrogen and oxygen atoms in total. The minimum absolute atomic E-state index is 0.0152. The van der Waals surface area contributed by atoms with Gasteiger partial charge in [-0.05, 0) is 31.1 Å². The van der Waals surface area contributed by atoms with E-state index in [9.17, 15) is 4.79 Å². The molecular weight excluding hydrogens is 336 g/mol. The minimum atomic E-state index is -0.193. The topological polar surface area (TPSA) is 98.2 Å². The van der Waals surface area contributed by atoms with Gasteiger partial charge in [-0.3, -0.25) is 4.57 Å². The maximum atomic E-state index is 11.9. The molecule has 2 unspecified atom stereocenters. The van der Waals surface area contributed by atoms with Crippen molar-refractivity contribution in [3.63, 3.8) is 0 Å². The maximum absolute atomic E-state index is 11.9. The summed E-state index contributed by atoms with van der Waals surface area (Å²) in [6.45, 7) is 1.18. The van der Waals surface area contributed by atoms with Gasteiger partial charge in [0, 0.05) is 26.8 Å². The second-order valence-corrected chi connectivity index (χ2v) is 6.99. The van der Waals surface area contributed by atoms with Crippen LogP contribution in [0.3, 0.4) is 0 Å². The second kappa shape index (κ2) is 6.71. The molecular formula is C17H24N6O3. The van der Waals surface area contributed by atoms with E-state index in [1.54, 1.807) is 25.8 Å². The van der Waals surface area contributed by atoms with Crippen LogP contribution in [0, 0.1) is 11.8 Å². The molecule has 0 radical (unpaired) electrons. The molecule has 4 rings (SSSR count). The Labute approximate surface area is 151 Å². The van der Waals surface area contributed by atoms with Gasteiger partial charge in [0.1, 0.15) is 12.4 Å². The molecule has 1 N–H and O–H groups in total. The third kappa shape index (κ3) is 2.96. The van der Waals surface area contributed by atoms with Crippen LogP contribution in [0.1, 0.15) is 37.0 Å². The lowest BCUT2D eigenvalue weighted by molar-refractivity contribution is 0.177. The number of anilines is 1. The first-order chi connectivity index (χ1) is 12.6. The van der Waals surface area contributed by atoms with Crippen molar-refractivity contribution in [2.75, 3.05) is 25.7 Å². The summed E-state index contributed by atoms with van der Waals surface area (Å²) in [5, 5.41) is 6.89. The highest BCUT2D eigenvalue weighted by Crippen LogP contribution is 2.50. The molecule has 9 heteroatoms. The Morgan fingerprint density at radius 3 is 2.69 bits per heavy atom. The Hall–Kier alpha value is -2.42. The van der Waals surface area contributed by atoms with E-state index in [2.05, 4.69) is 25.1 Å². The third-order valence-electron chi connectivity index (χ3n) is 5.36. The fourth-order valence-electron chi connectivity index (χ4n) is 3.95. The molecule has 1 aliphatic carbocycles. The van der Waals surface area contributed by atoms with Gasteiger partial charge >= 0.3 is 5.69 Å². The van der Waals surface area contributed by atoms with Gasteiger partial charge in [0.2, 0.25) is 5.88 Å². The zero-order valence-electron chi connectivity index (χ0n) is 15.3. The summed E-state index contributed by atoms with van der Waals surface area (Å²) in [6, 6.07) is 1.85. The van der Waals surface area contributed by atoms with Gasteiger partial charge < -0.3 is 14.4 Å². The van der Waals surface area contributed by atoms with E-state index in [0.29, 0.717) is 30.1 Å². The summed E-state index contributed by atoms with van der Waals surface area (Å²) in [5.74, 6) is 3.79. The Balaban J connectivity index is 1.75. The van der Waals surface area contributed by atoms with E-state index in [0.717, 1.165) is 24.6 Å². The van der Waals surface area contributed by atoms with Crippen molar-refractivity contribution in [1.29, 1.82) is 0 Å². The van der Waals surface area contributed by atoms with Crippen molar-refractivity contribution < 1.29 is 9.47 Å². The average molecular weight is 360 g/mol. The van der Waals surface area contributed by atoms with Crippen LogP contribution in [0.15, 0.2) is 10.9 Å². The van der Waals surface area contributed by atoms with Crippen LogP contribution in [0.5, 0.6) is 5.88 Å². The molecule has 1 aliphatic heterocycles. The van der Waals surface area contributed by atoms with E-state index in [-0.39, 0.29) is 11.7 Å². The first-order valence-corrected chi connectivity index (χ1v) is 8.91. The SMILES string of the molecule is COCc1nc(OC)cc(N2CCC(C3CC3)C2c2n[nH]c(=O)n2C)n1. The first-order valence-electron chi connectivity index (χ1n) is 8.91. The lowest BCUT2D eigenvalue weighted by Crippen LogP contribution is -2.30. The number of aromatic amines is 1. The number of hydrogen-bond acceptors (Lipinski definition) is 7. The van der Waals surface area contributed by atoms with Crippen molar-refractivity contribution in [3.8, 4) is 5.88 Å². The molecule has 2 aromatic rings. The zero-order valence-corrected chi connectivity index (χ0v) is 15.3. The van der Waals surface area contributed by atoms with Crippen LogP contribution >= 0.6 is 0 Å². The predicted octanol–water partition coefficient (Wildman–Crippen LogP) is 1.03. The van der Waals surface area contributed by atoms with Crippen molar-refractivity contribution in [1.82, 2.24) is 24.7 Å². The Kier molecular flexibility index (Phi) is 4.39. The highest BCUT2D eigenvalue weighted by Gasteiger charge is 2.46. The van der Waals surface area contributed by atoms with Gasteiger partial charge in [-0.15, -0.1) is 0 Å². The van der Waals surface area contributed by atoms with Crippen molar-refractivity contribution in [3.05, 3.63) is 28.2 Å². The minimum Gasteiger partial charge on any atom is -0.481 e. The molecule has 1 saturated carbocycles. The number of nitrogens with one attached hydrogen (secondary N) is 1. The largest absolute Gasteiger partial charge is 0.481 e. The number of nitrogens with zero attached hydrogens (tertiary/aromatic N) is 5. The number of rotatable bonds is 6. The van der Waals surface area contributed by atoms with Gasteiger partial charge in [-0.2, -0.15) is 10.1 Å². The summed E-state index contributed by atoms with van der Waals surface area (Å²) in [5.41, 5.74) is -0.193. The average Bonchev–Trinajstić information content (AvgIpc) is 3.32. The van der Waals surface area contributed by atoms with Crippen molar-refractivity contribution >= 4 is 5.82 Å². The number of H-pyrrole nitrogens is 1. The molecule has 3 heterocycles. The number of methoxy groups -OCH3 is 2. The molecule has 0 aromatic carbocycles. The van der Waals surface area contributed by atoms with E-state index in [1.165, 1.54) is 12.8 Å².